The monoisotopic (exact) mass is 470 g/mol. The van der Waals surface area contributed by atoms with Crippen LogP contribution in [0.3, 0.4) is 0 Å². The Morgan fingerprint density at radius 2 is 1.82 bits per heavy atom. The van der Waals surface area contributed by atoms with Gasteiger partial charge < -0.3 is 16.0 Å². The lowest BCUT2D eigenvalue weighted by Gasteiger charge is -2.29. The Balaban J connectivity index is 0.000000215. The minimum atomic E-state index is -4.25. The van der Waals surface area contributed by atoms with Gasteiger partial charge in [-0.2, -0.15) is 13.2 Å². The van der Waals surface area contributed by atoms with Gasteiger partial charge in [0.15, 0.2) is 0 Å². The summed E-state index contributed by atoms with van der Waals surface area (Å²) in [5.74, 6) is 0. The van der Waals surface area contributed by atoms with Crippen LogP contribution < -0.4 is 16.0 Å². The molecule has 0 atom stereocenters. The van der Waals surface area contributed by atoms with Crippen molar-refractivity contribution in [3.63, 3.8) is 0 Å². The number of rotatable bonds is 5. The fourth-order valence-electron chi connectivity index (χ4n) is 3.84. The van der Waals surface area contributed by atoms with Gasteiger partial charge in [-0.05, 0) is 68.3 Å². The van der Waals surface area contributed by atoms with Gasteiger partial charge in [0.25, 0.3) is 0 Å². The van der Waals surface area contributed by atoms with Gasteiger partial charge in [-0.3, -0.25) is 9.78 Å². The van der Waals surface area contributed by atoms with Gasteiger partial charge in [0.1, 0.15) is 6.29 Å². The smallest absolute Gasteiger partial charge is 0.398 e. The van der Waals surface area contributed by atoms with E-state index in [1.54, 1.807) is 31.4 Å². The first kappa shape index (κ1) is 25.2. The standard InChI is InChI=1S/C17H19N3O.C9H10F3N/c18-16-5-4-14(20-8-2-1-3-9-20)11-15(16)17-10-13(12-21)6-7-19-17;1-13-6-7-3-2-4-8(5-7)9(10,11)12/h4-7,10-12H,1-3,8-9,18H2;2-5,13H,6H2,1H3. The number of benzene rings is 2. The van der Waals surface area contributed by atoms with Crippen molar-refractivity contribution in [1.29, 1.82) is 0 Å². The number of carbonyl (C=O) groups is 1. The number of halogens is 3. The van der Waals surface area contributed by atoms with Crippen molar-refractivity contribution in [2.24, 2.45) is 0 Å². The first-order chi connectivity index (χ1) is 16.3. The van der Waals surface area contributed by atoms with E-state index in [0.717, 1.165) is 42.8 Å². The summed E-state index contributed by atoms with van der Waals surface area (Å²) in [6.45, 7) is 2.63. The Kier molecular flexibility index (Phi) is 8.65. The molecule has 8 heteroatoms. The number of piperidine rings is 1. The second-order valence-electron chi connectivity index (χ2n) is 8.14. The lowest BCUT2D eigenvalue weighted by atomic mass is 10.0. The largest absolute Gasteiger partial charge is 0.416 e. The zero-order valence-corrected chi connectivity index (χ0v) is 19.1. The summed E-state index contributed by atoms with van der Waals surface area (Å²) in [6.07, 6.45) is 2.00. The molecule has 3 aromatic rings. The molecule has 5 nitrogen and oxygen atoms in total. The number of hydrogen-bond donors (Lipinski definition) is 2. The molecule has 1 aromatic heterocycles. The number of nitrogen functional groups attached to an aromatic ring is 1. The van der Waals surface area contributed by atoms with Crippen molar-refractivity contribution in [3.05, 3.63) is 77.5 Å². The highest BCUT2D eigenvalue weighted by Gasteiger charge is 2.30. The van der Waals surface area contributed by atoms with Gasteiger partial charge >= 0.3 is 6.18 Å². The van der Waals surface area contributed by atoms with Crippen molar-refractivity contribution in [2.45, 2.75) is 32.0 Å². The second kappa shape index (κ2) is 11.7. The number of nitrogens with zero attached hydrogens (tertiary/aromatic N) is 2. The van der Waals surface area contributed by atoms with Crippen LogP contribution in [0.25, 0.3) is 11.3 Å². The highest BCUT2D eigenvalue weighted by atomic mass is 19.4. The van der Waals surface area contributed by atoms with E-state index in [0.29, 0.717) is 23.4 Å². The third-order valence-electron chi connectivity index (χ3n) is 5.59. The van der Waals surface area contributed by atoms with Crippen molar-refractivity contribution in [3.8, 4) is 11.3 Å². The zero-order chi connectivity index (χ0) is 24.6. The molecule has 0 saturated carbocycles. The molecule has 1 aliphatic rings. The van der Waals surface area contributed by atoms with E-state index in [1.807, 2.05) is 6.07 Å². The van der Waals surface area contributed by atoms with Crippen LogP contribution in [0.15, 0.2) is 60.8 Å². The van der Waals surface area contributed by atoms with Crippen molar-refractivity contribution in [2.75, 3.05) is 30.8 Å². The average molecular weight is 471 g/mol. The number of nitrogens with two attached hydrogens (primary N) is 1. The lowest BCUT2D eigenvalue weighted by molar-refractivity contribution is -0.137. The Bertz CT molecular complexity index is 1100. The molecular formula is C26H29F3N4O. The topological polar surface area (TPSA) is 71.2 Å². The molecule has 0 aliphatic carbocycles. The molecule has 3 N–H and O–H groups in total. The minimum Gasteiger partial charge on any atom is -0.398 e. The van der Waals surface area contributed by atoms with Crippen LogP contribution in [0.2, 0.25) is 0 Å². The van der Waals surface area contributed by atoms with E-state index >= 15 is 0 Å². The molecule has 34 heavy (non-hydrogen) atoms. The van der Waals surface area contributed by atoms with E-state index in [1.165, 1.54) is 31.0 Å². The Labute approximate surface area is 197 Å². The summed E-state index contributed by atoms with van der Waals surface area (Å²) in [4.78, 5) is 17.7. The van der Waals surface area contributed by atoms with E-state index in [-0.39, 0.29) is 0 Å². The Morgan fingerprint density at radius 3 is 2.50 bits per heavy atom. The summed E-state index contributed by atoms with van der Waals surface area (Å²) in [6, 6.07) is 14.8. The van der Waals surface area contributed by atoms with Crippen LogP contribution in [-0.4, -0.2) is 31.4 Å². The van der Waals surface area contributed by atoms with Gasteiger partial charge in [-0.15, -0.1) is 0 Å². The quantitative estimate of drug-likeness (QED) is 0.377. The van der Waals surface area contributed by atoms with Gasteiger partial charge in [-0.25, -0.2) is 0 Å². The summed E-state index contributed by atoms with van der Waals surface area (Å²) in [7, 11) is 1.69. The molecular weight excluding hydrogens is 441 g/mol. The maximum atomic E-state index is 12.2. The fourth-order valence-corrected chi connectivity index (χ4v) is 3.84. The van der Waals surface area contributed by atoms with E-state index in [2.05, 4.69) is 27.3 Å². The third-order valence-corrected chi connectivity index (χ3v) is 5.59. The number of aromatic nitrogens is 1. The first-order valence-electron chi connectivity index (χ1n) is 11.2. The maximum Gasteiger partial charge on any atom is 0.416 e. The van der Waals surface area contributed by atoms with Gasteiger partial charge in [0.2, 0.25) is 0 Å². The van der Waals surface area contributed by atoms with E-state index in [9.17, 15) is 18.0 Å². The molecule has 2 aromatic carbocycles. The Morgan fingerprint density at radius 1 is 1.06 bits per heavy atom. The van der Waals surface area contributed by atoms with Crippen LogP contribution in [0.1, 0.15) is 40.7 Å². The van der Waals surface area contributed by atoms with Crippen molar-refractivity contribution >= 4 is 17.7 Å². The SMILES string of the molecule is CNCc1cccc(C(F)(F)F)c1.Nc1ccc(N2CCCCC2)cc1-c1cc(C=O)ccn1. The maximum absolute atomic E-state index is 12.2. The first-order valence-corrected chi connectivity index (χ1v) is 11.2. The second-order valence-corrected chi connectivity index (χ2v) is 8.14. The van der Waals surface area contributed by atoms with Crippen molar-refractivity contribution < 1.29 is 18.0 Å². The molecule has 1 aliphatic heterocycles. The summed E-state index contributed by atoms with van der Waals surface area (Å²) in [5.41, 5.74) is 10.2. The molecule has 0 unspecified atom stereocenters. The number of aldehydes is 1. The zero-order valence-electron chi connectivity index (χ0n) is 19.1. The molecule has 0 spiro atoms. The molecule has 0 amide bonds. The third kappa shape index (κ3) is 6.81. The normalized spacial score (nSPS) is 13.7. The van der Waals surface area contributed by atoms with Gasteiger partial charge in [0.05, 0.1) is 11.3 Å². The molecule has 2 heterocycles. The molecule has 1 saturated heterocycles. The number of pyridine rings is 1. The van der Waals surface area contributed by atoms with Crippen molar-refractivity contribution in [1.82, 2.24) is 10.3 Å². The number of alkyl halides is 3. The molecule has 180 valence electrons. The van der Waals surface area contributed by atoms with Crippen LogP contribution in [-0.2, 0) is 12.7 Å². The van der Waals surface area contributed by atoms with Gasteiger partial charge in [0, 0.05) is 48.3 Å². The number of anilines is 2. The fraction of sp³-hybridized carbons (Fsp3) is 0.308. The summed E-state index contributed by atoms with van der Waals surface area (Å²) in [5, 5.41) is 2.80. The number of nitrogens with one attached hydrogen (secondary N) is 1. The predicted octanol–water partition coefficient (Wildman–Crippen LogP) is 5.56. The number of hydrogen-bond acceptors (Lipinski definition) is 5. The summed E-state index contributed by atoms with van der Waals surface area (Å²) < 4.78 is 36.6. The Hall–Kier alpha value is -3.39. The van der Waals surface area contributed by atoms with Crippen LogP contribution in [0, 0.1) is 0 Å². The number of carbonyl (C=O) groups excluding carboxylic acids is 1. The highest BCUT2D eigenvalue weighted by molar-refractivity contribution is 5.82. The molecule has 4 rings (SSSR count). The highest BCUT2D eigenvalue weighted by Crippen LogP contribution is 2.31. The summed E-state index contributed by atoms with van der Waals surface area (Å²) >= 11 is 0. The molecule has 0 radical (unpaired) electrons. The van der Waals surface area contributed by atoms with E-state index < -0.39 is 11.7 Å². The predicted molar refractivity (Wildman–Crippen MR) is 130 cm³/mol. The molecule has 0 bridgehead atoms. The van der Waals surface area contributed by atoms with Crippen LogP contribution >= 0.6 is 0 Å². The van der Waals surface area contributed by atoms with Crippen LogP contribution in [0.4, 0.5) is 24.5 Å². The van der Waals surface area contributed by atoms with Crippen LogP contribution in [0.5, 0.6) is 0 Å². The van der Waals surface area contributed by atoms with E-state index in [4.69, 9.17) is 5.73 Å². The molecule has 1 fully saturated rings. The van der Waals surface area contributed by atoms with Gasteiger partial charge in [-0.1, -0.05) is 18.2 Å². The lowest BCUT2D eigenvalue weighted by Crippen LogP contribution is -2.29. The average Bonchev–Trinajstić information content (AvgIpc) is 2.85. The minimum absolute atomic E-state index is 0.448.